The Bertz CT molecular complexity index is 703. The molecule has 7 heteroatoms. The lowest BCUT2D eigenvalue weighted by Gasteiger charge is -2.13. The maximum atomic E-state index is 12.0. The summed E-state index contributed by atoms with van der Waals surface area (Å²) >= 11 is 0. The van der Waals surface area contributed by atoms with Crippen LogP contribution in [-0.4, -0.2) is 32.0 Å². The molecule has 0 aliphatic heterocycles. The van der Waals surface area contributed by atoms with Crippen LogP contribution < -0.4 is 10.9 Å². The van der Waals surface area contributed by atoms with Gasteiger partial charge in [0, 0.05) is 30.9 Å². The molecule has 1 saturated carbocycles. The summed E-state index contributed by atoms with van der Waals surface area (Å²) < 4.78 is 3.01. The normalized spacial score (nSPS) is 15.5. The Hall–Kier alpha value is -2.44. The molecule has 0 aromatic carbocycles. The van der Waals surface area contributed by atoms with E-state index >= 15 is 0 Å². The molecule has 1 unspecified atom stereocenters. The largest absolute Gasteiger partial charge is 0.352 e. The quantitative estimate of drug-likeness (QED) is 0.851. The minimum atomic E-state index is -0.377. The van der Waals surface area contributed by atoms with Crippen LogP contribution in [0.2, 0.25) is 0 Å². The van der Waals surface area contributed by atoms with Crippen LogP contribution in [0.5, 0.6) is 0 Å². The fourth-order valence-corrected chi connectivity index (χ4v) is 2.28. The van der Waals surface area contributed by atoms with Gasteiger partial charge in [-0.25, -0.2) is 4.68 Å². The summed E-state index contributed by atoms with van der Waals surface area (Å²) in [5.41, 5.74) is 0.828. The lowest BCUT2D eigenvalue weighted by molar-refractivity contribution is -0.124. The molecule has 1 aliphatic rings. The molecule has 1 atom stereocenters. The lowest BCUT2D eigenvalue weighted by atomic mass is 10.3. The summed E-state index contributed by atoms with van der Waals surface area (Å²) in [6, 6.07) is 4.75. The minimum absolute atomic E-state index is 0.130. The summed E-state index contributed by atoms with van der Waals surface area (Å²) in [6.07, 6.45) is 5.67. The first-order valence-electron chi connectivity index (χ1n) is 7.50. The highest BCUT2D eigenvalue weighted by atomic mass is 16.2. The van der Waals surface area contributed by atoms with Crippen LogP contribution in [0, 0.1) is 0 Å². The standard InChI is InChI=1S/C15H19N5O2/c1-11(19-9-2-7-17-19)15(22)16-8-10-20-14(21)6-5-13(18-20)12-3-4-12/h2,5-7,9,11-12H,3-4,8,10H2,1H3,(H,16,22). The number of hydrogen-bond acceptors (Lipinski definition) is 4. The van der Waals surface area contributed by atoms with Gasteiger partial charge in [-0.2, -0.15) is 10.2 Å². The van der Waals surface area contributed by atoms with Gasteiger partial charge in [-0.15, -0.1) is 0 Å². The second-order valence-corrected chi connectivity index (χ2v) is 5.55. The van der Waals surface area contributed by atoms with Crippen LogP contribution >= 0.6 is 0 Å². The van der Waals surface area contributed by atoms with Crippen molar-refractivity contribution in [1.82, 2.24) is 24.9 Å². The van der Waals surface area contributed by atoms with Gasteiger partial charge in [0.05, 0.1) is 12.2 Å². The molecule has 2 heterocycles. The van der Waals surface area contributed by atoms with E-state index in [2.05, 4.69) is 15.5 Å². The van der Waals surface area contributed by atoms with Crippen LogP contribution in [0.25, 0.3) is 0 Å². The van der Waals surface area contributed by atoms with Crippen molar-refractivity contribution in [1.29, 1.82) is 0 Å². The molecule has 1 N–H and O–H groups in total. The highest BCUT2D eigenvalue weighted by Gasteiger charge is 2.25. The smallest absolute Gasteiger partial charge is 0.266 e. The Morgan fingerprint density at radius 2 is 2.27 bits per heavy atom. The molecular formula is C15H19N5O2. The molecule has 1 aliphatic carbocycles. The first-order valence-corrected chi connectivity index (χ1v) is 7.50. The number of carbonyl (C=O) groups excluding carboxylic acids is 1. The van der Waals surface area contributed by atoms with E-state index in [9.17, 15) is 9.59 Å². The van der Waals surface area contributed by atoms with E-state index in [0.29, 0.717) is 19.0 Å². The van der Waals surface area contributed by atoms with E-state index < -0.39 is 0 Å². The maximum absolute atomic E-state index is 12.0. The summed E-state index contributed by atoms with van der Waals surface area (Å²) in [5.74, 6) is 0.372. The molecule has 0 radical (unpaired) electrons. The second kappa shape index (κ2) is 6.13. The zero-order valence-electron chi connectivity index (χ0n) is 12.5. The van der Waals surface area contributed by atoms with Gasteiger partial charge in [-0.05, 0) is 31.9 Å². The van der Waals surface area contributed by atoms with Crippen molar-refractivity contribution in [2.24, 2.45) is 0 Å². The minimum Gasteiger partial charge on any atom is -0.352 e. The first kappa shape index (κ1) is 14.5. The van der Waals surface area contributed by atoms with E-state index in [1.165, 1.54) is 4.68 Å². The number of hydrogen-bond donors (Lipinski definition) is 1. The van der Waals surface area contributed by atoms with E-state index in [1.807, 2.05) is 0 Å². The van der Waals surface area contributed by atoms with E-state index in [0.717, 1.165) is 18.5 Å². The van der Waals surface area contributed by atoms with Gasteiger partial charge in [-0.1, -0.05) is 0 Å². The van der Waals surface area contributed by atoms with Crippen molar-refractivity contribution in [2.45, 2.75) is 38.3 Å². The SMILES string of the molecule is CC(C(=O)NCCn1nc(C2CC2)ccc1=O)n1cccn1. The predicted octanol–water partition coefficient (Wildman–Crippen LogP) is 0.695. The molecule has 116 valence electrons. The van der Waals surface area contributed by atoms with E-state index in [1.54, 1.807) is 42.2 Å². The van der Waals surface area contributed by atoms with Gasteiger partial charge in [0.1, 0.15) is 6.04 Å². The van der Waals surface area contributed by atoms with Crippen molar-refractivity contribution in [3.8, 4) is 0 Å². The van der Waals surface area contributed by atoms with E-state index in [4.69, 9.17) is 0 Å². The molecule has 7 nitrogen and oxygen atoms in total. The summed E-state index contributed by atoms with van der Waals surface area (Å²) in [6.45, 7) is 2.52. The van der Waals surface area contributed by atoms with Crippen LogP contribution in [0.3, 0.4) is 0 Å². The topological polar surface area (TPSA) is 81.8 Å². The summed E-state index contributed by atoms with van der Waals surface area (Å²) in [7, 11) is 0. The number of nitrogens with zero attached hydrogens (tertiary/aromatic N) is 4. The first-order chi connectivity index (χ1) is 10.6. The number of aromatic nitrogens is 4. The average molecular weight is 301 g/mol. The third-order valence-electron chi connectivity index (χ3n) is 3.81. The van der Waals surface area contributed by atoms with Gasteiger partial charge in [0.15, 0.2) is 0 Å². The highest BCUT2D eigenvalue weighted by Crippen LogP contribution is 2.38. The average Bonchev–Trinajstić information content (AvgIpc) is 3.22. The van der Waals surface area contributed by atoms with E-state index in [-0.39, 0.29) is 17.5 Å². The molecule has 3 rings (SSSR count). The molecule has 2 aromatic rings. The Morgan fingerprint density at radius 1 is 1.45 bits per heavy atom. The summed E-state index contributed by atoms with van der Waals surface area (Å²) in [4.78, 5) is 23.8. The van der Waals surface area contributed by atoms with Crippen molar-refractivity contribution < 1.29 is 4.79 Å². The van der Waals surface area contributed by atoms with Crippen molar-refractivity contribution in [3.63, 3.8) is 0 Å². The zero-order chi connectivity index (χ0) is 15.5. The van der Waals surface area contributed by atoms with Gasteiger partial charge in [0.25, 0.3) is 5.56 Å². The Labute approximate surface area is 128 Å². The van der Waals surface area contributed by atoms with Crippen molar-refractivity contribution in [2.75, 3.05) is 6.54 Å². The molecular weight excluding hydrogens is 282 g/mol. The fraction of sp³-hybridized carbons (Fsp3) is 0.467. The van der Waals surface area contributed by atoms with Gasteiger partial charge in [0.2, 0.25) is 5.91 Å². The third kappa shape index (κ3) is 3.24. The lowest BCUT2D eigenvalue weighted by Crippen LogP contribution is -2.35. The molecule has 0 saturated heterocycles. The molecule has 0 spiro atoms. The van der Waals surface area contributed by atoms with Crippen molar-refractivity contribution in [3.05, 3.63) is 46.6 Å². The molecule has 22 heavy (non-hydrogen) atoms. The number of rotatable bonds is 6. The molecule has 1 amide bonds. The Morgan fingerprint density at radius 3 is 2.95 bits per heavy atom. The number of nitrogens with one attached hydrogen (secondary N) is 1. The predicted molar refractivity (Wildman–Crippen MR) is 80.4 cm³/mol. The third-order valence-corrected chi connectivity index (χ3v) is 3.81. The van der Waals surface area contributed by atoms with Crippen molar-refractivity contribution >= 4 is 5.91 Å². The summed E-state index contributed by atoms with van der Waals surface area (Å²) in [5, 5.41) is 11.2. The monoisotopic (exact) mass is 301 g/mol. The Balaban J connectivity index is 1.55. The fourth-order valence-electron chi connectivity index (χ4n) is 2.28. The maximum Gasteiger partial charge on any atom is 0.266 e. The zero-order valence-corrected chi connectivity index (χ0v) is 12.5. The molecule has 2 aromatic heterocycles. The van der Waals surface area contributed by atoms with Crippen LogP contribution in [0.15, 0.2) is 35.4 Å². The molecule has 1 fully saturated rings. The molecule has 0 bridgehead atoms. The van der Waals surface area contributed by atoms with Crippen LogP contribution in [0.1, 0.15) is 37.4 Å². The van der Waals surface area contributed by atoms with Crippen LogP contribution in [0.4, 0.5) is 0 Å². The number of amides is 1. The van der Waals surface area contributed by atoms with Gasteiger partial charge in [-0.3, -0.25) is 14.3 Å². The number of carbonyl (C=O) groups is 1. The Kier molecular flexibility index (Phi) is 4.04. The van der Waals surface area contributed by atoms with Crippen LogP contribution in [-0.2, 0) is 11.3 Å². The van der Waals surface area contributed by atoms with Gasteiger partial charge < -0.3 is 5.32 Å². The highest BCUT2D eigenvalue weighted by molar-refractivity contribution is 5.79. The second-order valence-electron chi connectivity index (χ2n) is 5.55. The van der Waals surface area contributed by atoms with Gasteiger partial charge >= 0.3 is 0 Å².